The molecule has 16 rings (SSSR count). The van der Waals surface area contributed by atoms with Crippen LogP contribution in [0.5, 0.6) is 0 Å². The number of rotatable bonds is 12. The van der Waals surface area contributed by atoms with Crippen molar-refractivity contribution in [2.75, 3.05) is 9.80 Å². The average Bonchev–Trinajstić information content (AvgIpc) is 1.56. The summed E-state index contributed by atoms with van der Waals surface area (Å²) >= 11 is 0. The van der Waals surface area contributed by atoms with Crippen LogP contribution in [0, 0.1) is 0 Å². The first-order valence-corrected chi connectivity index (χ1v) is 29.8. The fraction of sp³-hybridized carbons (Fsp3) is 0.0732. The number of para-hydroxylation sites is 2. The fourth-order valence-electron chi connectivity index (χ4n) is 15.2. The zero-order valence-electron chi connectivity index (χ0n) is 47.2. The fourth-order valence-corrected chi connectivity index (χ4v) is 15.2. The molecule has 0 fully saturated rings. The third-order valence-electron chi connectivity index (χ3n) is 18.7. The minimum Gasteiger partial charge on any atom is -0.310 e. The van der Waals surface area contributed by atoms with Gasteiger partial charge in [-0.05, 0) is 173 Å². The van der Waals surface area contributed by atoms with Crippen molar-refractivity contribution < 1.29 is 0 Å². The molecule has 0 spiro atoms. The molecule has 84 heavy (non-hydrogen) atoms. The molecule has 2 nitrogen and oxygen atoms in total. The van der Waals surface area contributed by atoms with Gasteiger partial charge in [-0.3, -0.25) is 0 Å². The zero-order valence-corrected chi connectivity index (χ0v) is 47.2. The van der Waals surface area contributed by atoms with E-state index in [9.17, 15) is 0 Å². The highest BCUT2D eigenvalue weighted by molar-refractivity contribution is 6.29. The lowest BCUT2D eigenvalue weighted by Crippen LogP contribution is -2.28. The Hall–Kier alpha value is -10.3. The average molecular weight is 1070 g/mol. The molecule has 2 aliphatic rings. The number of fused-ring (bicyclic) bond motifs is 6. The Labute approximate surface area is 492 Å². The number of aryl methyl sites for hydroxylation is 2. The summed E-state index contributed by atoms with van der Waals surface area (Å²) in [5.41, 5.74) is 23.9. The van der Waals surface area contributed by atoms with E-state index in [-0.39, 0.29) is 0 Å². The lowest BCUT2D eigenvalue weighted by Gasteiger charge is -2.35. The molecule has 398 valence electrons. The first kappa shape index (κ1) is 49.5. The summed E-state index contributed by atoms with van der Waals surface area (Å²) in [7, 11) is 0. The normalized spacial score (nSPS) is 13.4. The Balaban J connectivity index is 0.887. The van der Waals surface area contributed by atoms with Crippen molar-refractivity contribution in [2.45, 2.75) is 37.5 Å². The van der Waals surface area contributed by atoms with Gasteiger partial charge < -0.3 is 9.80 Å². The van der Waals surface area contributed by atoms with Crippen LogP contribution in [0.3, 0.4) is 0 Å². The van der Waals surface area contributed by atoms with Crippen LogP contribution in [0.4, 0.5) is 34.1 Å². The molecule has 0 saturated heterocycles. The molecule has 0 radical (unpaired) electrons. The molecule has 2 aliphatic carbocycles. The van der Waals surface area contributed by atoms with E-state index in [0.717, 1.165) is 35.6 Å². The van der Waals surface area contributed by atoms with Gasteiger partial charge in [0.2, 0.25) is 0 Å². The van der Waals surface area contributed by atoms with Crippen LogP contribution < -0.4 is 9.80 Å². The maximum Gasteiger partial charge on any atom is 0.0713 e. The molecule has 14 aromatic rings. The SMILES string of the molecule is CCc1cc(N(c2ccccc2)c2ccc(C3(c4ccccc4)c4ccccc4-c4ccccc43)cc2)c2ccc3c(CC)cc(N(c4ccccc4)c4ccc(C5(c6ccccc6)c6ccccc6-c6ccccc65)cc4)c4ccc1c2c34. The summed E-state index contributed by atoms with van der Waals surface area (Å²) in [5.74, 6) is 0. The van der Waals surface area contributed by atoms with Gasteiger partial charge in [-0.15, -0.1) is 0 Å². The van der Waals surface area contributed by atoms with E-state index in [1.54, 1.807) is 0 Å². The van der Waals surface area contributed by atoms with Crippen molar-refractivity contribution in [3.05, 3.63) is 359 Å². The molecule has 2 heteroatoms. The van der Waals surface area contributed by atoms with Crippen LogP contribution in [0.15, 0.2) is 303 Å². The molecule has 0 heterocycles. The highest BCUT2D eigenvalue weighted by atomic mass is 15.1. The Morgan fingerprint density at radius 1 is 0.250 bits per heavy atom. The maximum absolute atomic E-state index is 2.50. The molecule has 0 amide bonds. The standard InChI is InChI=1S/C82H60N2/c1-3-55-53-77(83(61-29-13-7-14-30-61)63-45-41-59(42-46-63)81(57-25-9-5-10-26-57)73-37-21-17-33-67(73)68-34-18-22-38-74(68)81)71-52-50-66-56(4-2)54-78(72-51-49-65(55)79(71)80(66)72)84(62-31-15-8-16-32-62)64-47-43-60(44-48-64)82(58-27-11-6-12-28-58)75-39-23-19-35-69(75)70-36-20-24-40-76(70)82/h5-54H,3-4H2,1-2H3. The monoisotopic (exact) mass is 1070 g/mol. The molecule has 0 unspecified atom stereocenters. The van der Waals surface area contributed by atoms with Crippen LogP contribution in [-0.2, 0) is 23.7 Å². The number of anilines is 6. The first-order chi connectivity index (χ1) is 41.6. The van der Waals surface area contributed by atoms with E-state index in [1.165, 1.54) is 122 Å². The van der Waals surface area contributed by atoms with Gasteiger partial charge in [-0.25, -0.2) is 0 Å². The zero-order chi connectivity index (χ0) is 55.9. The van der Waals surface area contributed by atoms with E-state index in [2.05, 4.69) is 327 Å². The summed E-state index contributed by atoms with van der Waals surface area (Å²) in [5, 5.41) is 7.68. The van der Waals surface area contributed by atoms with E-state index in [0.29, 0.717) is 0 Å². The molecule has 0 atom stereocenters. The second-order valence-corrected chi connectivity index (χ2v) is 22.7. The lowest BCUT2D eigenvalue weighted by atomic mass is 9.68. The Morgan fingerprint density at radius 2 is 0.512 bits per heavy atom. The summed E-state index contributed by atoms with van der Waals surface area (Å²) in [6.07, 6.45) is 1.77. The second kappa shape index (κ2) is 19.7. The molecule has 0 aromatic heterocycles. The molecule has 0 saturated carbocycles. The Bertz CT molecular complexity index is 4380. The van der Waals surface area contributed by atoms with Crippen LogP contribution in [0.25, 0.3) is 54.6 Å². The molecule has 0 N–H and O–H groups in total. The Kier molecular flexibility index (Phi) is 11.6. The highest BCUT2D eigenvalue weighted by Gasteiger charge is 2.47. The number of hydrogen-bond acceptors (Lipinski definition) is 2. The van der Waals surface area contributed by atoms with Gasteiger partial charge in [-0.1, -0.05) is 257 Å². The molecule has 0 bridgehead atoms. The van der Waals surface area contributed by atoms with Gasteiger partial charge >= 0.3 is 0 Å². The van der Waals surface area contributed by atoms with Gasteiger partial charge in [0.25, 0.3) is 0 Å². The second-order valence-electron chi connectivity index (χ2n) is 22.7. The highest BCUT2D eigenvalue weighted by Crippen LogP contribution is 2.59. The lowest BCUT2D eigenvalue weighted by molar-refractivity contribution is 0.768. The third-order valence-corrected chi connectivity index (χ3v) is 18.7. The Morgan fingerprint density at radius 3 is 0.833 bits per heavy atom. The van der Waals surface area contributed by atoms with Crippen molar-refractivity contribution in [3.8, 4) is 22.3 Å². The van der Waals surface area contributed by atoms with Crippen LogP contribution in [0.1, 0.15) is 69.5 Å². The smallest absolute Gasteiger partial charge is 0.0713 e. The van der Waals surface area contributed by atoms with E-state index in [4.69, 9.17) is 0 Å². The molecular formula is C82H60N2. The van der Waals surface area contributed by atoms with Crippen molar-refractivity contribution in [2.24, 2.45) is 0 Å². The van der Waals surface area contributed by atoms with E-state index in [1.807, 2.05) is 0 Å². The third kappa shape index (κ3) is 7.17. The predicted molar refractivity (Wildman–Crippen MR) is 353 cm³/mol. The van der Waals surface area contributed by atoms with Crippen molar-refractivity contribution in [1.82, 2.24) is 0 Å². The summed E-state index contributed by atoms with van der Waals surface area (Å²) in [6.45, 7) is 4.62. The topological polar surface area (TPSA) is 6.48 Å². The quantitative estimate of drug-likeness (QED) is 0.113. The van der Waals surface area contributed by atoms with Gasteiger partial charge in [0, 0.05) is 33.5 Å². The summed E-state index contributed by atoms with van der Waals surface area (Å²) in [6, 6.07) is 114. The summed E-state index contributed by atoms with van der Waals surface area (Å²) in [4.78, 5) is 5.01. The van der Waals surface area contributed by atoms with Gasteiger partial charge in [0.1, 0.15) is 0 Å². The van der Waals surface area contributed by atoms with E-state index >= 15 is 0 Å². The van der Waals surface area contributed by atoms with Crippen LogP contribution in [-0.4, -0.2) is 0 Å². The van der Waals surface area contributed by atoms with Crippen molar-refractivity contribution in [3.63, 3.8) is 0 Å². The minimum absolute atomic E-state index is 0.490. The van der Waals surface area contributed by atoms with Crippen LogP contribution in [0.2, 0.25) is 0 Å². The van der Waals surface area contributed by atoms with Gasteiger partial charge in [0.05, 0.1) is 22.2 Å². The van der Waals surface area contributed by atoms with Crippen molar-refractivity contribution >= 4 is 66.4 Å². The largest absolute Gasteiger partial charge is 0.310 e. The predicted octanol–water partition coefficient (Wildman–Crippen LogP) is 21.4. The summed E-state index contributed by atoms with van der Waals surface area (Å²) < 4.78 is 0. The molecular weight excluding hydrogens is 1010 g/mol. The number of hydrogen-bond donors (Lipinski definition) is 0. The molecule has 0 aliphatic heterocycles. The van der Waals surface area contributed by atoms with Gasteiger partial charge in [0.15, 0.2) is 0 Å². The van der Waals surface area contributed by atoms with Crippen LogP contribution >= 0.6 is 0 Å². The van der Waals surface area contributed by atoms with Gasteiger partial charge in [-0.2, -0.15) is 0 Å². The minimum atomic E-state index is -0.490. The number of benzene rings is 14. The first-order valence-electron chi connectivity index (χ1n) is 29.8. The molecule has 14 aromatic carbocycles. The van der Waals surface area contributed by atoms with Crippen molar-refractivity contribution in [1.29, 1.82) is 0 Å². The number of nitrogens with zero attached hydrogens (tertiary/aromatic N) is 2. The maximum atomic E-state index is 2.50. The van der Waals surface area contributed by atoms with E-state index < -0.39 is 10.8 Å².